The van der Waals surface area contributed by atoms with Crippen molar-refractivity contribution in [2.75, 3.05) is 0 Å². The Balaban J connectivity index is 4.40. The van der Waals surface area contributed by atoms with E-state index in [1.807, 2.05) is 5.32 Å². The van der Waals surface area contributed by atoms with Crippen LogP contribution in [0.3, 0.4) is 0 Å². The molecule has 14 heavy (non-hydrogen) atoms. The summed E-state index contributed by atoms with van der Waals surface area (Å²) in [7, 11) is 0. The molecule has 0 aliphatic rings. The van der Waals surface area contributed by atoms with E-state index in [-0.39, 0.29) is 0 Å². The first-order chi connectivity index (χ1) is 6.16. The van der Waals surface area contributed by atoms with Crippen LogP contribution >= 0.6 is 0 Å². The van der Waals surface area contributed by atoms with Gasteiger partial charge in [-0.2, -0.15) is 0 Å². The minimum atomic E-state index is -1.24. The van der Waals surface area contributed by atoms with Crippen molar-refractivity contribution >= 4 is 12.0 Å². The Labute approximate surface area is 83.0 Å². The molecule has 0 aromatic carbocycles. The number of carbonyl (C=O) groups excluding carboxylic acids is 1. The fraction of sp³-hybridized carbons (Fsp3) is 0.750. The highest BCUT2D eigenvalue weighted by atomic mass is 16.4. The lowest BCUT2D eigenvalue weighted by molar-refractivity contribution is -0.138. The fourth-order valence-electron chi connectivity index (χ4n) is 0.786. The number of carbonyl (C=O) groups is 2. The third kappa shape index (κ3) is 3.61. The first kappa shape index (κ1) is 12.7. The van der Waals surface area contributed by atoms with Crippen molar-refractivity contribution in [3.05, 3.63) is 0 Å². The smallest absolute Gasteiger partial charge is 0.405 e. The standard InChI is InChI=1S/C8H17N3O3/c1-5(10-7(13)14)6(12)11(9)8(2,3)4/h5,10H,9H2,1-4H3,(H,13,14)/t5-/m1/s1. The number of carboxylic acid groups (broad SMARTS) is 1. The number of nitrogens with one attached hydrogen (secondary N) is 1. The first-order valence-electron chi connectivity index (χ1n) is 4.24. The van der Waals surface area contributed by atoms with Gasteiger partial charge in [0, 0.05) is 0 Å². The summed E-state index contributed by atoms with van der Waals surface area (Å²) < 4.78 is 0. The number of amides is 2. The summed E-state index contributed by atoms with van der Waals surface area (Å²) in [6.07, 6.45) is -1.24. The molecule has 0 aliphatic heterocycles. The van der Waals surface area contributed by atoms with Gasteiger partial charge in [-0.25, -0.2) is 10.6 Å². The molecule has 6 nitrogen and oxygen atoms in total. The zero-order valence-corrected chi connectivity index (χ0v) is 8.87. The normalized spacial score (nSPS) is 13.2. The van der Waals surface area contributed by atoms with Gasteiger partial charge in [0.05, 0.1) is 5.54 Å². The predicted octanol–water partition coefficient (Wildman–Crippen LogP) is 0.143. The average Bonchev–Trinajstić information content (AvgIpc) is 1.98. The van der Waals surface area contributed by atoms with Gasteiger partial charge in [-0.1, -0.05) is 0 Å². The van der Waals surface area contributed by atoms with E-state index in [2.05, 4.69) is 0 Å². The van der Waals surface area contributed by atoms with Crippen LogP contribution in [0.15, 0.2) is 0 Å². The maximum absolute atomic E-state index is 11.5. The van der Waals surface area contributed by atoms with Gasteiger partial charge in [0.25, 0.3) is 5.91 Å². The van der Waals surface area contributed by atoms with Gasteiger partial charge in [0.1, 0.15) is 6.04 Å². The van der Waals surface area contributed by atoms with E-state index in [9.17, 15) is 9.59 Å². The Morgan fingerprint density at radius 1 is 1.43 bits per heavy atom. The molecule has 0 aliphatic carbocycles. The van der Waals surface area contributed by atoms with E-state index in [4.69, 9.17) is 10.9 Å². The maximum atomic E-state index is 11.5. The lowest BCUT2D eigenvalue weighted by Gasteiger charge is -2.32. The number of nitrogens with two attached hydrogens (primary N) is 1. The molecule has 2 amide bonds. The summed E-state index contributed by atoms with van der Waals surface area (Å²) >= 11 is 0. The van der Waals surface area contributed by atoms with E-state index < -0.39 is 23.6 Å². The predicted molar refractivity (Wildman–Crippen MR) is 51.4 cm³/mol. The monoisotopic (exact) mass is 203 g/mol. The zero-order chi connectivity index (χ0) is 11.5. The highest BCUT2D eigenvalue weighted by Crippen LogP contribution is 2.09. The summed E-state index contributed by atoms with van der Waals surface area (Å²) in [5.74, 6) is 5.06. The quantitative estimate of drug-likeness (QED) is 0.338. The summed E-state index contributed by atoms with van der Waals surface area (Å²) in [6, 6.07) is -0.836. The maximum Gasteiger partial charge on any atom is 0.405 e. The van der Waals surface area contributed by atoms with Crippen LogP contribution < -0.4 is 11.2 Å². The van der Waals surface area contributed by atoms with Crippen molar-refractivity contribution < 1.29 is 14.7 Å². The van der Waals surface area contributed by atoms with Crippen molar-refractivity contribution in [1.82, 2.24) is 10.3 Å². The van der Waals surface area contributed by atoms with Crippen LogP contribution in [0.2, 0.25) is 0 Å². The molecule has 0 aromatic rings. The van der Waals surface area contributed by atoms with Crippen molar-refractivity contribution in [3.8, 4) is 0 Å². The lowest BCUT2D eigenvalue weighted by Crippen LogP contribution is -2.56. The second-order valence-corrected chi connectivity index (χ2v) is 4.05. The SMILES string of the molecule is C[C@@H](NC(=O)O)C(=O)N(N)C(C)(C)C. The highest BCUT2D eigenvalue weighted by Gasteiger charge is 2.27. The van der Waals surface area contributed by atoms with Crippen LogP contribution in [0.25, 0.3) is 0 Å². The van der Waals surface area contributed by atoms with Crippen LogP contribution in [0.5, 0.6) is 0 Å². The molecule has 4 N–H and O–H groups in total. The minimum Gasteiger partial charge on any atom is -0.465 e. The zero-order valence-electron chi connectivity index (χ0n) is 8.87. The molecule has 0 fully saturated rings. The molecule has 0 saturated heterocycles. The molecule has 0 spiro atoms. The van der Waals surface area contributed by atoms with Gasteiger partial charge in [0.15, 0.2) is 0 Å². The number of nitrogens with zero attached hydrogens (tertiary/aromatic N) is 1. The minimum absolute atomic E-state index is 0.458. The molecule has 0 radical (unpaired) electrons. The summed E-state index contributed by atoms with van der Waals surface area (Å²) in [5, 5.41) is 11.5. The number of hydrogen-bond acceptors (Lipinski definition) is 3. The Morgan fingerprint density at radius 2 is 1.86 bits per heavy atom. The molecule has 82 valence electrons. The molecule has 0 saturated carbocycles. The van der Waals surface area contributed by atoms with Gasteiger partial charge in [-0.05, 0) is 27.7 Å². The van der Waals surface area contributed by atoms with E-state index in [1.54, 1.807) is 20.8 Å². The number of hydrogen-bond donors (Lipinski definition) is 3. The Morgan fingerprint density at radius 3 is 2.14 bits per heavy atom. The van der Waals surface area contributed by atoms with E-state index in [1.165, 1.54) is 6.92 Å². The van der Waals surface area contributed by atoms with Gasteiger partial charge in [0.2, 0.25) is 0 Å². The molecular formula is C8H17N3O3. The summed E-state index contributed by atoms with van der Waals surface area (Å²) in [6.45, 7) is 6.73. The second-order valence-electron chi connectivity index (χ2n) is 4.05. The van der Waals surface area contributed by atoms with Gasteiger partial charge in [-0.3, -0.25) is 9.80 Å². The Bertz CT molecular complexity index is 234. The number of rotatable bonds is 2. The van der Waals surface area contributed by atoms with Gasteiger partial charge in [-0.15, -0.1) is 0 Å². The third-order valence-electron chi connectivity index (χ3n) is 1.67. The van der Waals surface area contributed by atoms with E-state index in [0.29, 0.717) is 0 Å². The summed E-state index contributed by atoms with van der Waals surface area (Å²) in [4.78, 5) is 21.8. The third-order valence-corrected chi connectivity index (χ3v) is 1.67. The largest absolute Gasteiger partial charge is 0.465 e. The lowest BCUT2D eigenvalue weighted by atomic mass is 10.1. The van der Waals surface area contributed by atoms with Crippen molar-refractivity contribution in [2.45, 2.75) is 39.3 Å². The van der Waals surface area contributed by atoms with Crippen molar-refractivity contribution in [2.24, 2.45) is 5.84 Å². The fourth-order valence-corrected chi connectivity index (χ4v) is 0.786. The molecule has 0 bridgehead atoms. The molecule has 0 heterocycles. The molecule has 1 atom stereocenters. The molecular weight excluding hydrogens is 186 g/mol. The van der Waals surface area contributed by atoms with Crippen molar-refractivity contribution in [1.29, 1.82) is 0 Å². The van der Waals surface area contributed by atoms with Crippen LogP contribution in [-0.2, 0) is 4.79 Å². The van der Waals surface area contributed by atoms with Crippen LogP contribution in [0.1, 0.15) is 27.7 Å². The number of hydrazine groups is 1. The highest BCUT2D eigenvalue weighted by molar-refractivity contribution is 5.84. The van der Waals surface area contributed by atoms with Gasteiger partial charge < -0.3 is 10.4 Å². The molecule has 0 rings (SSSR count). The van der Waals surface area contributed by atoms with E-state index in [0.717, 1.165) is 5.01 Å². The second kappa shape index (κ2) is 4.28. The van der Waals surface area contributed by atoms with Crippen LogP contribution in [0.4, 0.5) is 4.79 Å². The van der Waals surface area contributed by atoms with Crippen molar-refractivity contribution in [3.63, 3.8) is 0 Å². The molecule has 0 aromatic heterocycles. The average molecular weight is 203 g/mol. The topological polar surface area (TPSA) is 95.7 Å². The van der Waals surface area contributed by atoms with E-state index >= 15 is 0 Å². The summed E-state index contributed by atoms with van der Waals surface area (Å²) in [5.41, 5.74) is -0.522. The Kier molecular flexibility index (Phi) is 3.88. The Hall–Kier alpha value is -1.30. The van der Waals surface area contributed by atoms with Crippen LogP contribution in [0, 0.1) is 0 Å². The first-order valence-corrected chi connectivity index (χ1v) is 4.24. The van der Waals surface area contributed by atoms with Gasteiger partial charge >= 0.3 is 6.09 Å². The molecule has 0 unspecified atom stereocenters. The van der Waals surface area contributed by atoms with Crippen LogP contribution in [-0.4, -0.2) is 33.7 Å². The molecule has 6 heteroatoms.